The molecule has 0 aromatic carbocycles. The molecular weight excluding hydrogens is 250 g/mol. The zero-order chi connectivity index (χ0) is 13.0. The molecule has 0 amide bonds. The molecule has 2 fully saturated rings. The summed E-state index contributed by atoms with van der Waals surface area (Å²) in [6.07, 6.45) is 5.60. The van der Waals surface area contributed by atoms with Crippen LogP contribution in [0.4, 0.5) is 0 Å². The summed E-state index contributed by atoms with van der Waals surface area (Å²) in [5, 5.41) is -0.139. The molecule has 1 aliphatic heterocycles. The maximum atomic E-state index is 12.2. The summed E-state index contributed by atoms with van der Waals surface area (Å²) in [5.41, 5.74) is 5.53. The van der Waals surface area contributed by atoms with Gasteiger partial charge in [0.15, 0.2) is 0 Å². The van der Waals surface area contributed by atoms with Gasteiger partial charge < -0.3 is 10.6 Å². The van der Waals surface area contributed by atoms with Crippen molar-refractivity contribution in [3.63, 3.8) is 0 Å². The highest BCUT2D eigenvalue weighted by Crippen LogP contribution is 2.25. The predicted octanol–water partition coefficient (Wildman–Crippen LogP) is 0.272. The highest BCUT2D eigenvalue weighted by Gasteiger charge is 2.31. The van der Waals surface area contributed by atoms with E-state index in [0.717, 1.165) is 58.2 Å². The molecule has 6 heteroatoms. The molecule has 0 spiro atoms. The lowest BCUT2D eigenvalue weighted by molar-refractivity contribution is 0.212. The average Bonchev–Trinajstić information content (AvgIpc) is 2.86. The zero-order valence-corrected chi connectivity index (χ0v) is 11.8. The van der Waals surface area contributed by atoms with Crippen molar-refractivity contribution in [2.24, 2.45) is 5.73 Å². The molecule has 2 rings (SSSR count). The molecule has 1 saturated heterocycles. The first-order valence-electron chi connectivity index (χ1n) is 7.05. The number of hydrogen-bond acceptors (Lipinski definition) is 4. The first-order chi connectivity index (χ1) is 8.62. The fourth-order valence-electron chi connectivity index (χ4n) is 2.98. The Bertz CT molecular complexity index is 344. The highest BCUT2D eigenvalue weighted by atomic mass is 32.2. The SMILES string of the molecule is NCCN1CCC(NS(=O)(=O)C2CCCC2)CC1. The number of nitrogens with two attached hydrogens (primary N) is 1. The summed E-state index contributed by atoms with van der Waals surface area (Å²) in [4.78, 5) is 2.31. The van der Waals surface area contributed by atoms with Gasteiger partial charge in [-0.3, -0.25) is 0 Å². The number of piperidine rings is 1. The van der Waals surface area contributed by atoms with Crippen molar-refractivity contribution in [1.29, 1.82) is 0 Å². The van der Waals surface area contributed by atoms with Crippen molar-refractivity contribution in [3.8, 4) is 0 Å². The lowest BCUT2D eigenvalue weighted by Gasteiger charge is -2.32. The van der Waals surface area contributed by atoms with Crippen LogP contribution in [0.15, 0.2) is 0 Å². The highest BCUT2D eigenvalue weighted by molar-refractivity contribution is 7.90. The summed E-state index contributed by atoms with van der Waals surface area (Å²) in [6, 6.07) is 0.129. The number of hydrogen-bond donors (Lipinski definition) is 2. The molecular formula is C12H25N3O2S. The van der Waals surface area contributed by atoms with Crippen molar-refractivity contribution in [3.05, 3.63) is 0 Å². The summed E-state index contributed by atoms with van der Waals surface area (Å²) < 4.78 is 27.2. The van der Waals surface area contributed by atoms with E-state index in [0.29, 0.717) is 6.54 Å². The van der Waals surface area contributed by atoms with Crippen LogP contribution in [0.25, 0.3) is 0 Å². The third-order valence-electron chi connectivity index (χ3n) is 4.10. The van der Waals surface area contributed by atoms with Gasteiger partial charge in [0.05, 0.1) is 5.25 Å². The summed E-state index contributed by atoms with van der Waals surface area (Å²) in [5.74, 6) is 0. The Morgan fingerprint density at radius 1 is 1.11 bits per heavy atom. The molecule has 2 aliphatic rings. The van der Waals surface area contributed by atoms with E-state index in [1.54, 1.807) is 0 Å². The Balaban J connectivity index is 1.80. The normalized spacial score (nSPS) is 24.7. The van der Waals surface area contributed by atoms with E-state index in [1.807, 2.05) is 0 Å². The summed E-state index contributed by atoms with van der Waals surface area (Å²) in [7, 11) is -3.08. The van der Waals surface area contributed by atoms with Gasteiger partial charge in [0.1, 0.15) is 0 Å². The van der Waals surface area contributed by atoms with E-state index in [1.165, 1.54) is 0 Å². The first-order valence-corrected chi connectivity index (χ1v) is 8.60. The minimum Gasteiger partial charge on any atom is -0.329 e. The van der Waals surface area contributed by atoms with Crippen LogP contribution < -0.4 is 10.5 Å². The standard InChI is InChI=1S/C12H25N3O2S/c13-7-10-15-8-5-11(6-9-15)14-18(16,17)12-3-1-2-4-12/h11-12,14H,1-10,13H2. The van der Waals surface area contributed by atoms with E-state index >= 15 is 0 Å². The van der Waals surface area contributed by atoms with Crippen molar-refractivity contribution in [2.45, 2.75) is 49.8 Å². The van der Waals surface area contributed by atoms with Crippen molar-refractivity contribution >= 4 is 10.0 Å². The second-order valence-electron chi connectivity index (χ2n) is 5.47. The Kier molecular flexibility index (Phi) is 5.00. The number of rotatable bonds is 5. The second kappa shape index (κ2) is 6.32. The van der Waals surface area contributed by atoms with Crippen LogP contribution in [0.3, 0.4) is 0 Å². The van der Waals surface area contributed by atoms with Gasteiger partial charge >= 0.3 is 0 Å². The molecule has 0 unspecified atom stereocenters. The molecule has 18 heavy (non-hydrogen) atoms. The van der Waals surface area contributed by atoms with Crippen LogP contribution in [0.2, 0.25) is 0 Å². The predicted molar refractivity (Wildman–Crippen MR) is 72.8 cm³/mol. The summed E-state index contributed by atoms with van der Waals surface area (Å²) >= 11 is 0. The van der Waals surface area contributed by atoms with Gasteiger partial charge in [-0.1, -0.05) is 12.8 Å². The van der Waals surface area contributed by atoms with Crippen LogP contribution in [0, 0.1) is 0 Å². The first kappa shape index (κ1) is 14.2. The van der Waals surface area contributed by atoms with Crippen LogP contribution in [0.5, 0.6) is 0 Å². The van der Waals surface area contributed by atoms with Gasteiger partial charge in [0, 0.05) is 19.1 Å². The monoisotopic (exact) mass is 275 g/mol. The Labute approximate surface area is 110 Å². The number of nitrogens with one attached hydrogen (secondary N) is 1. The fourth-order valence-corrected chi connectivity index (χ4v) is 4.83. The third kappa shape index (κ3) is 3.66. The van der Waals surface area contributed by atoms with Gasteiger partial charge in [-0.2, -0.15) is 0 Å². The Hall–Kier alpha value is -0.170. The Morgan fingerprint density at radius 3 is 2.28 bits per heavy atom. The van der Waals surface area contributed by atoms with Gasteiger partial charge in [-0.15, -0.1) is 0 Å². The molecule has 0 aromatic rings. The van der Waals surface area contributed by atoms with Gasteiger partial charge in [0.2, 0.25) is 10.0 Å². The van der Waals surface area contributed by atoms with Gasteiger partial charge in [-0.25, -0.2) is 13.1 Å². The minimum atomic E-state index is -3.08. The smallest absolute Gasteiger partial charge is 0.214 e. The van der Waals surface area contributed by atoms with E-state index in [9.17, 15) is 8.42 Å². The second-order valence-corrected chi connectivity index (χ2v) is 7.47. The van der Waals surface area contributed by atoms with E-state index in [2.05, 4.69) is 9.62 Å². The molecule has 0 aromatic heterocycles. The fraction of sp³-hybridized carbons (Fsp3) is 1.00. The van der Waals surface area contributed by atoms with Crippen molar-refractivity contribution in [1.82, 2.24) is 9.62 Å². The lowest BCUT2D eigenvalue weighted by Crippen LogP contribution is -2.47. The lowest BCUT2D eigenvalue weighted by atomic mass is 10.1. The minimum absolute atomic E-state index is 0.129. The van der Waals surface area contributed by atoms with Crippen LogP contribution in [-0.2, 0) is 10.0 Å². The van der Waals surface area contributed by atoms with Crippen LogP contribution in [0.1, 0.15) is 38.5 Å². The molecule has 1 aliphatic carbocycles. The zero-order valence-electron chi connectivity index (χ0n) is 11.0. The van der Waals surface area contributed by atoms with E-state index in [-0.39, 0.29) is 11.3 Å². The largest absolute Gasteiger partial charge is 0.329 e. The number of nitrogens with zero attached hydrogens (tertiary/aromatic N) is 1. The molecule has 5 nitrogen and oxygen atoms in total. The third-order valence-corrected chi connectivity index (χ3v) is 6.12. The van der Waals surface area contributed by atoms with Crippen LogP contribution in [-0.4, -0.2) is 50.8 Å². The molecule has 0 atom stereocenters. The quantitative estimate of drug-likeness (QED) is 0.755. The molecule has 106 valence electrons. The maximum Gasteiger partial charge on any atom is 0.214 e. The molecule has 1 heterocycles. The van der Waals surface area contributed by atoms with Gasteiger partial charge in [-0.05, 0) is 38.8 Å². The van der Waals surface area contributed by atoms with Crippen molar-refractivity contribution < 1.29 is 8.42 Å². The average molecular weight is 275 g/mol. The van der Waals surface area contributed by atoms with Crippen molar-refractivity contribution in [2.75, 3.05) is 26.2 Å². The topological polar surface area (TPSA) is 75.4 Å². The van der Waals surface area contributed by atoms with Crippen LogP contribution >= 0.6 is 0 Å². The molecule has 0 bridgehead atoms. The van der Waals surface area contributed by atoms with E-state index < -0.39 is 10.0 Å². The Morgan fingerprint density at radius 2 is 1.72 bits per heavy atom. The molecule has 3 N–H and O–H groups in total. The van der Waals surface area contributed by atoms with E-state index in [4.69, 9.17) is 5.73 Å². The number of likely N-dealkylation sites (tertiary alicyclic amines) is 1. The summed E-state index contributed by atoms with van der Waals surface area (Å²) in [6.45, 7) is 3.50. The van der Waals surface area contributed by atoms with Gasteiger partial charge in [0.25, 0.3) is 0 Å². The molecule has 1 saturated carbocycles. The maximum absolute atomic E-state index is 12.2. The molecule has 0 radical (unpaired) electrons. The number of sulfonamides is 1.